The summed E-state index contributed by atoms with van der Waals surface area (Å²) < 4.78 is 0. The first-order chi connectivity index (χ1) is 10.3. The van der Waals surface area contributed by atoms with Crippen molar-refractivity contribution in [1.82, 2.24) is 9.88 Å². The molecule has 0 N–H and O–H groups in total. The molecule has 0 bridgehead atoms. The smallest absolute Gasteiger partial charge is 0.0454 e. The molecule has 0 aliphatic carbocycles. The summed E-state index contributed by atoms with van der Waals surface area (Å²) in [5, 5.41) is 2.63. The average Bonchev–Trinajstić information content (AvgIpc) is 2.53. The van der Waals surface area contributed by atoms with E-state index in [2.05, 4.69) is 49.1 Å². The van der Waals surface area contributed by atoms with Crippen LogP contribution in [0, 0.1) is 6.92 Å². The molecule has 1 aromatic heterocycles. The van der Waals surface area contributed by atoms with Gasteiger partial charge in [0.25, 0.3) is 0 Å². The molecule has 1 aliphatic rings. The van der Waals surface area contributed by atoms with Crippen LogP contribution in [0.5, 0.6) is 0 Å². The van der Waals surface area contributed by atoms with Gasteiger partial charge in [-0.1, -0.05) is 37.6 Å². The van der Waals surface area contributed by atoms with Crippen LogP contribution in [-0.4, -0.2) is 29.5 Å². The molecule has 112 valence electrons. The lowest BCUT2D eigenvalue weighted by molar-refractivity contribution is 0.208. The standard InChI is InChI=1S/C19H26N2/c1-3-4-11-21-12-9-16(10-13-21)19-14-17-7-5-6-8-18(17)15(2)20-19/h5-8,14,16H,3-4,9-13H2,1-2H3. The Morgan fingerprint density at radius 3 is 2.71 bits per heavy atom. The first-order valence-corrected chi connectivity index (χ1v) is 8.36. The second-order valence-electron chi connectivity index (χ2n) is 6.32. The summed E-state index contributed by atoms with van der Waals surface area (Å²) in [6.07, 6.45) is 5.15. The maximum atomic E-state index is 4.89. The summed E-state index contributed by atoms with van der Waals surface area (Å²) in [7, 11) is 0. The number of nitrogens with zero attached hydrogens (tertiary/aromatic N) is 2. The molecule has 1 fully saturated rings. The van der Waals surface area contributed by atoms with Crippen LogP contribution in [0.25, 0.3) is 10.8 Å². The second kappa shape index (κ2) is 6.57. The summed E-state index contributed by atoms with van der Waals surface area (Å²) in [5.74, 6) is 0.645. The number of benzene rings is 1. The third-order valence-corrected chi connectivity index (χ3v) is 4.78. The van der Waals surface area contributed by atoms with Crippen molar-refractivity contribution in [3.05, 3.63) is 41.7 Å². The van der Waals surface area contributed by atoms with Crippen molar-refractivity contribution in [3.63, 3.8) is 0 Å². The topological polar surface area (TPSA) is 16.1 Å². The highest BCUT2D eigenvalue weighted by atomic mass is 15.1. The maximum absolute atomic E-state index is 4.89. The average molecular weight is 282 g/mol. The van der Waals surface area contributed by atoms with Crippen molar-refractivity contribution >= 4 is 10.8 Å². The number of hydrogen-bond donors (Lipinski definition) is 0. The molecule has 0 radical (unpaired) electrons. The first kappa shape index (κ1) is 14.5. The largest absolute Gasteiger partial charge is 0.303 e. The van der Waals surface area contributed by atoms with Gasteiger partial charge in [0.05, 0.1) is 0 Å². The van der Waals surface area contributed by atoms with E-state index in [1.54, 1.807) is 0 Å². The molecule has 0 atom stereocenters. The molecular formula is C19H26N2. The van der Waals surface area contributed by atoms with Crippen LogP contribution in [0.15, 0.2) is 30.3 Å². The number of hydrogen-bond acceptors (Lipinski definition) is 2. The Labute approximate surface area is 128 Å². The number of aromatic nitrogens is 1. The van der Waals surface area contributed by atoms with Gasteiger partial charge in [-0.3, -0.25) is 4.98 Å². The molecular weight excluding hydrogens is 256 g/mol. The van der Waals surface area contributed by atoms with Crippen molar-refractivity contribution in [2.45, 2.75) is 45.4 Å². The van der Waals surface area contributed by atoms with Crippen molar-refractivity contribution in [1.29, 1.82) is 0 Å². The van der Waals surface area contributed by atoms with Gasteiger partial charge < -0.3 is 4.90 Å². The number of piperidine rings is 1. The zero-order chi connectivity index (χ0) is 14.7. The Kier molecular flexibility index (Phi) is 4.54. The highest BCUT2D eigenvalue weighted by Crippen LogP contribution is 2.29. The monoisotopic (exact) mass is 282 g/mol. The highest BCUT2D eigenvalue weighted by molar-refractivity contribution is 5.84. The van der Waals surface area contributed by atoms with Crippen LogP contribution < -0.4 is 0 Å². The van der Waals surface area contributed by atoms with Crippen LogP contribution >= 0.6 is 0 Å². The van der Waals surface area contributed by atoms with E-state index >= 15 is 0 Å². The minimum atomic E-state index is 0.645. The number of likely N-dealkylation sites (tertiary alicyclic amines) is 1. The fraction of sp³-hybridized carbons (Fsp3) is 0.526. The summed E-state index contributed by atoms with van der Waals surface area (Å²) in [5.41, 5.74) is 2.48. The van der Waals surface area contributed by atoms with Gasteiger partial charge >= 0.3 is 0 Å². The SMILES string of the molecule is CCCCN1CCC(c2cc3ccccc3c(C)n2)CC1. The van der Waals surface area contributed by atoms with E-state index in [1.807, 2.05) is 0 Å². The third kappa shape index (κ3) is 3.26. The molecule has 0 spiro atoms. The number of aryl methyl sites for hydroxylation is 1. The molecule has 2 nitrogen and oxygen atoms in total. The van der Waals surface area contributed by atoms with Crippen molar-refractivity contribution in [2.75, 3.05) is 19.6 Å². The van der Waals surface area contributed by atoms with Crippen LogP contribution in [0.1, 0.15) is 49.9 Å². The lowest BCUT2D eigenvalue weighted by atomic mass is 9.91. The molecule has 1 aromatic carbocycles. The summed E-state index contributed by atoms with van der Waals surface area (Å²) in [6.45, 7) is 8.15. The normalized spacial score (nSPS) is 17.4. The lowest BCUT2D eigenvalue weighted by Crippen LogP contribution is -2.33. The second-order valence-corrected chi connectivity index (χ2v) is 6.32. The molecule has 0 amide bonds. The van der Waals surface area contributed by atoms with Gasteiger partial charge in [-0.2, -0.15) is 0 Å². The number of pyridine rings is 1. The molecule has 2 heteroatoms. The minimum Gasteiger partial charge on any atom is -0.303 e. The van der Waals surface area contributed by atoms with Crippen LogP contribution in [0.3, 0.4) is 0 Å². The Balaban J connectivity index is 1.73. The van der Waals surface area contributed by atoms with E-state index in [4.69, 9.17) is 4.98 Å². The molecule has 1 aliphatic heterocycles. The van der Waals surface area contributed by atoms with Gasteiger partial charge in [-0.05, 0) is 57.3 Å². The molecule has 0 saturated carbocycles. The number of rotatable bonds is 4. The minimum absolute atomic E-state index is 0.645. The van der Waals surface area contributed by atoms with E-state index < -0.39 is 0 Å². The zero-order valence-corrected chi connectivity index (χ0v) is 13.3. The Morgan fingerprint density at radius 1 is 1.19 bits per heavy atom. The Morgan fingerprint density at radius 2 is 1.95 bits per heavy atom. The molecule has 2 heterocycles. The van der Waals surface area contributed by atoms with Gasteiger partial charge in [0.15, 0.2) is 0 Å². The zero-order valence-electron chi connectivity index (χ0n) is 13.3. The van der Waals surface area contributed by atoms with Gasteiger partial charge in [0, 0.05) is 22.7 Å². The van der Waals surface area contributed by atoms with Gasteiger partial charge in [-0.25, -0.2) is 0 Å². The first-order valence-electron chi connectivity index (χ1n) is 8.36. The fourth-order valence-corrected chi connectivity index (χ4v) is 3.44. The Bertz CT molecular complexity index is 598. The van der Waals surface area contributed by atoms with E-state index in [1.165, 1.54) is 67.5 Å². The number of fused-ring (bicyclic) bond motifs is 1. The molecule has 3 rings (SSSR count). The van der Waals surface area contributed by atoms with E-state index in [9.17, 15) is 0 Å². The highest BCUT2D eigenvalue weighted by Gasteiger charge is 2.21. The van der Waals surface area contributed by atoms with Crippen molar-refractivity contribution in [3.8, 4) is 0 Å². The van der Waals surface area contributed by atoms with E-state index in [0.717, 1.165) is 0 Å². The van der Waals surface area contributed by atoms with E-state index in [-0.39, 0.29) is 0 Å². The Hall–Kier alpha value is -1.41. The van der Waals surface area contributed by atoms with Crippen molar-refractivity contribution in [2.24, 2.45) is 0 Å². The number of unbranched alkanes of at least 4 members (excludes halogenated alkanes) is 1. The van der Waals surface area contributed by atoms with Gasteiger partial charge in [-0.15, -0.1) is 0 Å². The summed E-state index contributed by atoms with van der Waals surface area (Å²) in [6, 6.07) is 10.9. The molecule has 0 unspecified atom stereocenters. The molecule has 2 aromatic rings. The quantitative estimate of drug-likeness (QED) is 0.819. The van der Waals surface area contributed by atoms with Gasteiger partial charge in [0.1, 0.15) is 0 Å². The van der Waals surface area contributed by atoms with E-state index in [0.29, 0.717) is 5.92 Å². The summed E-state index contributed by atoms with van der Waals surface area (Å²) in [4.78, 5) is 7.51. The fourth-order valence-electron chi connectivity index (χ4n) is 3.44. The third-order valence-electron chi connectivity index (χ3n) is 4.78. The van der Waals surface area contributed by atoms with Gasteiger partial charge in [0.2, 0.25) is 0 Å². The summed E-state index contributed by atoms with van der Waals surface area (Å²) >= 11 is 0. The van der Waals surface area contributed by atoms with Crippen LogP contribution in [0.2, 0.25) is 0 Å². The van der Waals surface area contributed by atoms with Crippen LogP contribution in [0.4, 0.5) is 0 Å². The van der Waals surface area contributed by atoms with Crippen LogP contribution in [-0.2, 0) is 0 Å². The maximum Gasteiger partial charge on any atom is 0.0454 e. The predicted molar refractivity (Wildman–Crippen MR) is 89.8 cm³/mol. The molecule has 21 heavy (non-hydrogen) atoms. The van der Waals surface area contributed by atoms with Crippen molar-refractivity contribution < 1.29 is 0 Å². The molecule has 1 saturated heterocycles. The predicted octanol–water partition coefficient (Wildman–Crippen LogP) is 4.52. The lowest BCUT2D eigenvalue weighted by Gasteiger charge is -2.31.